The van der Waals surface area contributed by atoms with Crippen LogP contribution >= 0.6 is 11.8 Å². The molecule has 19 heavy (non-hydrogen) atoms. The van der Waals surface area contributed by atoms with Crippen molar-refractivity contribution in [2.24, 2.45) is 0 Å². The van der Waals surface area contributed by atoms with Crippen molar-refractivity contribution >= 4 is 17.7 Å². The molecule has 0 heterocycles. The number of nitrogens with one attached hydrogen (secondary N) is 2. The molecule has 0 radical (unpaired) electrons. The van der Waals surface area contributed by atoms with Gasteiger partial charge in [-0.25, -0.2) is 0 Å². The Hall–Kier alpha value is -1.20. The van der Waals surface area contributed by atoms with Crippen LogP contribution in [0.3, 0.4) is 0 Å². The summed E-state index contributed by atoms with van der Waals surface area (Å²) in [5.41, 5.74) is 0. The van der Waals surface area contributed by atoms with Gasteiger partial charge >= 0.3 is 0 Å². The lowest BCUT2D eigenvalue weighted by atomic mass is 10.3. The summed E-state index contributed by atoms with van der Waals surface area (Å²) in [7, 11) is 1.64. The summed E-state index contributed by atoms with van der Waals surface area (Å²) in [5.74, 6) is 1.31. The second kappa shape index (κ2) is 9.69. The number of hydrogen-bond donors (Lipinski definition) is 2. The molecule has 1 rings (SSSR count). The first kappa shape index (κ1) is 15.9. The van der Waals surface area contributed by atoms with Crippen LogP contribution in [0.2, 0.25) is 0 Å². The molecule has 0 saturated heterocycles. The van der Waals surface area contributed by atoms with Crippen LogP contribution in [0, 0.1) is 0 Å². The second-order valence-corrected chi connectivity index (χ2v) is 5.12. The number of hydrogen-bond acceptors (Lipinski definition) is 4. The van der Waals surface area contributed by atoms with E-state index in [0.29, 0.717) is 12.3 Å². The van der Waals surface area contributed by atoms with Gasteiger partial charge in [0, 0.05) is 18.0 Å². The van der Waals surface area contributed by atoms with E-state index in [1.807, 2.05) is 24.3 Å². The third-order valence-electron chi connectivity index (χ3n) is 2.46. The Morgan fingerprint density at radius 2 is 2.16 bits per heavy atom. The Labute approximate surface area is 119 Å². The molecule has 1 aromatic rings. The Kier molecular flexibility index (Phi) is 8.09. The lowest BCUT2D eigenvalue weighted by Crippen LogP contribution is -2.33. The van der Waals surface area contributed by atoms with E-state index in [1.54, 1.807) is 7.11 Å². The molecule has 0 spiro atoms. The molecule has 0 aliphatic heterocycles. The van der Waals surface area contributed by atoms with Gasteiger partial charge in [0.25, 0.3) is 0 Å². The van der Waals surface area contributed by atoms with E-state index in [1.165, 1.54) is 11.8 Å². The number of carbonyl (C=O) groups excluding carboxylic acids is 1. The van der Waals surface area contributed by atoms with Crippen LogP contribution in [0.25, 0.3) is 0 Å². The first-order valence-electron chi connectivity index (χ1n) is 6.50. The van der Waals surface area contributed by atoms with Crippen molar-refractivity contribution in [1.29, 1.82) is 0 Å². The molecule has 5 heteroatoms. The third kappa shape index (κ3) is 7.08. The lowest BCUT2D eigenvalue weighted by molar-refractivity contribution is -0.118. The molecule has 0 fully saturated rings. The van der Waals surface area contributed by atoms with Crippen LogP contribution in [-0.2, 0) is 4.79 Å². The summed E-state index contributed by atoms with van der Waals surface area (Å²) >= 11 is 1.51. The number of benzene rings is 1. The van der Waals surface area contributed by atoms with E-state index in [9.17, 15) is 4.79 Å². The first-order chi connectivity index (χ1) is 9.26. The van der Waals surface area contributed by atoms with Crippen molar-refractivity contribution in [2.45, 2.75) is 18.2 Å². The molecule has 0 aliphatic carbocycles. The number of amides is 1. The van der Waals surface area contributed by atoms with Crippen LogP contribution in [0.15, 0.2) is 29.2 Å². The van der Waals surface area contributed by atoms with Gasteiger partial charge in [0.15, 0.2) is 0 Å². The monoisotopic (exact) mass is 282 g/mol. The van der Waals surface area contributed by atoms with Gasteiger partial charge in [-0.1, -0.05) is 13.0 Å². The maximum absolute atomic E-state index is 11.6. The van der Waals surface area contributed by atoms with E-state index >= 15 is 0 Å². The molecule has 0 aliphatic rings. The van der Waals surface area contributed by atoms with Gasteiger partial charge in [-0.2, -0.15) is 0 Å². The fraction of sp³-hybridized carbons (Fsp3) is 0.500. The molecule has 2 N–H and O–H groups in total. The molecule has 4 nitrogen and oxygen atoms in total. The molecular weight excluding hydrogens is 260 g/mol. The van der Waals surface area contributed by atoms with Gasteiger partial charge in [-0.15, -0.1) is 11.8 Å². The zero-order valence-corrected chi connectivity index (χ0v) is 12.4. The van der Waals surface area contributed by atoms with Gasteiger partial charge in [0.05, 0.1) is 12.9 Å². The number of rotatable bonds is 9. The summed E-state index contributed by atoms with van der Waals surface area (Å²) in [6.45, 7) is 4.62. The Balaban J connectivity index is 2.18. The van der Waals surface area contributed by atoms with Gasteiger partial charge in [-0.3, -0.25) is 4.79 Å². The van der Waals surface area contributed by atoms with Crippen LogP contribution in [0.5, 0.6) is 5.75 Å². The van der Waals surface area contributed by atoms with Crippen LogP contribution in [0.4, 0.5) is 0 Å². The number of thioether (sulfide) groups is 1. The zero-order chi connectivity index (χ0) is 13.9. The lowest BCUT2D eigenvalue weighted by Gasteiger charge is -2.06. The minimum Gasteiger partial charge on any atom is -0.497 e. The third-order valence-corrected chi connectivity index (χ3v) is 3.46. The van der Waals surface area contributed by atoms with Crippen molar-refractivity contribution in [3.63, 3.8) is 0 Å². The highest BCUT2D eigenvalue weighted by atomic mass is 32.2. The Morgan fingerprint density at radius 3 is 2.89 bits per heavy atom. The highest BCUT2D eigenvalue weighted by molar-refractivity contribution is 8.00. The SMILES string of the molecule is CCCNCCNC(=O)CSc1cccc(OC)c1. The van der Waals surface area contributed by atoms with E-state index < -0.39 is 0 Å². The van der Waals surface area contributed by atoms with Gasteiger partial charge < -0.3 is 15.4 Å². The minimum absolute atomic E-state index is 0.0612. The normalized spacial score (nSPS) is 10.2. The van der Waals surface area contributed by atoms with Crippen molar-refractivity contribution < 1.29 is 9.53 Å². The molecular formula is C14H22N2O2S. The van der Waals surface area contributed by atoms with Gasteiger partial charge in [0.2, 0.25) is 5.91 Å². The zero-order valence-electron chi connectivity index (χ0n) is 11.6. The van der Waals surface area contributed by atoms with Crippen LogP contribution < -0.4 is 15.4 Å². The Morgan fingerprint density at radius 1 is 1.32 bits per heavy atom. The molecule has 0 unspecified atom stereocenters. The standard InChI is InChI=1S/C14H22N2O2S/c1-3-7-15-8-9-16-14(17)11-19-13-6-4-5-12(10-13)18-2/h4-6,10,15H,3,7-9,11H2,1-2H3,(H,16,17). The largest absolute Gasteiger partial charge is 0.497 e. The smallest absolute Gasteiger partial charge is 0.230 e. The van der Waals surface area contributed by atoms with E-state index in [-0.39, 0.29) is 5.91 Å². The highest BCUT2D eigenvalue weighted by Crippen LogP contribution is 2.22. The minimum atomic E-state index is 0.0612. The molecule has 0 aromatic heterocycles. The first-order valence-corrected chi connectivity index (χ1v) is 7.49. The van der Waals surface area contributed by atoms with Crippen molar-refractivity contribution in [1.82, 2.24) is 10.6 Å². The summed E-state index contributed by atoms with van der Waals surface area (Å²) in [6.07, 6.45) is 1.11. The van der Waals surface area contributed by atoms with Crippen molar-refractivity contribution in [2.75, 3.05) is 32.5 Å². The molecule has 1 amide bonds. The Bertz CT molecular complexity index is 385. The average molecular weight is 282 g/mol. The summed E-state index contributed by atoms with van der Waals surface area (Å²) in [6, 6.07) is 7.72. The summed E-state index contributed by atoms with van der Waals surface area (Å²) in [4.78, 5) is 12.7. The second-order valence-electron chi connectivity index (χ2n) is 4.07. The summed E-state index contributed by atoms with van der Waals surface area (Å²) < 4.78 is 5.14. The van der Waals surface area contributed by atoms with E-state index in [4.69, 9.17) is 4.74 Å². The number of ether oxygens (including phenoxy) is 1. The van der Waals surface area contributed by atoms with Gasteiger partial charge in [0.1, 0.15) is 5.75 Å². The molecule has 106 valence electrons. The summed E-state index contributed by atoms with van der Waals surface area (Å²) in [5, 5.41) is 6.13. The van der Waals surface area contributed by atoms with Crippen molar-refractivity contribution in [3.05, 3.63) is 24.3 Å². The van der Waals surface area contributed by atoms with Crippen molar-refractivity contribution in [3.8, 4) is 5.75 Å². The molecule has 0 atom stereocenters. The van der Waals surface area contributed by atoms with E-state index in [0.717, 1.165) is 30.2 Å². The number of methoxy groups -OCH3 is 1. The maximum atomic E-state index is 11.6. The fourth-order valence-electron chi connectivity index (χ4n) is 1.48. The predicted octanol–water partition coefficient (Wildman–Crippen LogP) is 1.90. The fourth-order valence-corrected chi connectivity index (χ4v) is 2.26. The van der Waals surface area contributed by atoms with Crippen LogP contribution in [-0.4, -0.2) is 38.4 Å². The average Bonchev–Trinajstić information content (AvgIpc) is 2.45. The molecule has 1 aromatic carbocycles. The number of carbonyl (C=O) groups is 1. The van der Waals surface area contributed by atoms with Gasteiger partial charge in [-0.05, 0) is 31.2 Å². The van der Waals surface area contributed by atoms with Crippen LogP contribution in [0.1, 0.15) is 13.3 Å². The predicted molar refractivity (Wildman–Crippen MR) is 79.9 cm³/mol. The maximum Gasteiger partial charge on any atom is 0.230 e. The topological polar surface area (TPSA) is 50.4 Å². The quantitative estimate of drug-likeness (QED) is 0.536. The van der Waals surface area contributed by atoms with E-state index in [2.05, 4.69) is 17.6 Å². The molecule has 0 saturated carbocycles. The molecule has 0 bridgehead atoms. The highest BCUT2D eigenvalue weighted by Gasteiger charge is 2.03.